The van der Waals surface area contributed by atoms with Crippen LogP contribution in [0.15, 0.2) is 18.2 Å². The molecule has 0 aliphatic heterocycles. The van der Waals surface area contributed by atoms with Gasteiger partial charge in [-0.2, -0.15) is 0 Å². The molecule has 0 aromatic heterocycles. The van der Waals surface area contributed by atoms with E-state index in [4.69, 9.17) is 16.3 Å². The van der Waals surface area contributed by atoms with Gasteiger partial charge in [-0.05, 0) is 32.0 Å². The summed E-state index contributed by atoms with van der Waals surface area (Å²) in [5.41, 5.74) is 0.276. The van der Waals surface area contributed by atoms with Crippen molar-refractivity contribution in [3.8, 4) is 0 Å². The Balaban J connectivity index is 2.70. The molecular formula is C11H12ClFO2. The molecule has 82 valence electrons. The first-order chi connectivity index (χ1) is 7.00. The highest BCUT2D eigenvalue weighted by Gasteiger charge is 2.09. The molecule has 0 amide bonds. The largest absolute Gasteiger partial charge is 0.371 e. The highest BCUT2D eigenvalue weighted by molar-refractivity contribution is 6.30. The summed E-state index contributed by atoms with van der Waals surface area (Å²) in [5.74, 6) is -0.841. The summed E-state index contributed by atoms with van der Waals surface area (Å²) >= 11 is 5.50. The van der Waals surface area contributed by atoms with E-state index in [0.717, 1.165) is 6.07 Å². The van der Waals surface area contributed by atoms with Crippen molar-refractivity contribution in [1.82, 2.24) is 0 Å². The molecule has 0 saturated heterocycles. The molecular weight excluding hydrogens is 219 g/mol. The van der Waals surface area contributed by atoms with Crippen molar-refractivity contribution < 1.29 is 13.9 Å². The number of carbonyl (C=O) groups is 1. The maximum atomic E-state index is 13.0. The fraction of sp³-hybridized carbons (Fsp3) is 0.364. The second-order valence-electron chi connectivity index (χ2n) is 3.41. The fourth-order valence-corrected chi connectivity index (χ4v) is 1.11. The van der Waals surface area contributed by atoms with Crippen molar-refractivity contribution in [3.63, 3.8) is 0 Å². The van der Waals surface area contributed by atoms with Crippen LogP contribution in [0.3, 0.4) is 0 Å². The third kappa shape index (κ3) is 3.61. The minimum absolute atomic E-state index is 0.0105. The Morgan fingerprint density at radius 3 is 2.73 bits per heavy atom. The molecule has 0 atom stereocenters. The number of hydrogen-bond donors (Lipinski definition) is 0. The Morgan fingerprint density at radius 1 is 1.53 bits per heavy atom. The Kier molecular flexibility index (Phi) is 4.24. The number of ketones is 1. The zero-order valence-electron chi connectivity index (χ0n) is 8.59. The summed E-state index contributed by atoms with van der Waals surface area (Å²) < 4.78 is 18.1. The SMILES string of the molecule is CC(C)OCC(=O)c1ccc(Cl)c(F)c1. The predicted octanol–water partition coefficient (Wildman–Crippen LogP) is 3.09. The van der Waals surface area contributed by atoms with E-state index < -0.39 is 5.82 Å². The van der Waals surface area contributed by atoms with Crippen molar-refractivity contribution in [1.29, 1.82) is 0 Å². The second-order valence-corrected chi connectivity index (χ2v) is 3.82. The van der Waals surface area contributed by atoms with Crippen LogP contribution in [0.25, 0.3) is 0 Å². The molecule has 0 fully saturated rings. The van der Waals surface area contributed by atoms with Crippen LogP contribution < -0.4 is 0 Å². The van der Waals surface area contributed by atoms with Crippen molar-refractivity contribution in [3.05, 3.63) is 34.6 Å². The molecule has 1 aromatic rings. The average Bonchev–Trinajstić information content (AvgIpc) is 2.18. The Hall–Kier alpha value is -0.930. The maximum Gasteiger partial charge on any atom is 0.188 e. The summed E-state index contributed by atoms with van der Waals surface area (Å²) in [6.45, 7) is 3.62. The highest BCUT2D eigenvalue weighted by atomic mass is 35.5. The van der Waals surface area contributed by atoms with Gasteiger partial charge in [-0.15, -0.1) is 0 Å². The molecule has 1 aromatic carbocycles. The van der Waals surface area contributed by atoms with Crippen molar-refractivity contribution in [2.45, 2.75) is 20.0 Å². The van der Waals surface area contributed by atoms with Crippen molar-refractivity contribution >= 4 is 17.4 Å². The molecule has 0 radical (unpaired) electrons. The fourth-order valence-electron chi connectivity index (χ4n) is 0.995. The van der Waals surface area contributed by atoms with Gasteiger partial charge in [0.05, 0.1) is 11.1 Å². The molecule has 0 spiro atoms. The molecule has 0 unspecified atom stereocenters. The van der Waals surface area contributed by atoms with Crippen molar-refractivity contribution in [2.24, 2.45) is 0 Å². The van der Waals surface area contributed by atoms with Gasteiger partial charge in [-0.3, -0.25) is 4.79 Å². The van der Waals surface area contributed by atoms with Gasteiger partial charge >= 0.3 is 0 Å². The van der Waals surface area contributed by atoms with E-state index in [9.17, 15) is 9.18 Å². The van der Waals surface area contributed by atoms with Gasteiger partial charge in [0.15, 0.2) is 5.78 Å². The molecule has 1 rings (SSSR count). The van der Waals surface area contributed by atoms with Gasteiger partial charge in [-0.1, -0.05) is 11.6 Å². The molecule has 4 heteroatoms. The topological polar surface area (TPSA) is 26.3 Å². The average molecular weight is 231 g/mol. The third-order valence-corrected chi connectivity index (χ3v) is 2.10. The standard InChI is InChI=1S/C11H12ClFO2/c1-7(2)15-6-11(14)8-3-4-9(12)10(13)5-8/h3-5,7H,6H2,1-2H3. The van der Waals surface area contributed by atoms with Gasteiger partial charge in [0.25, 0.3) is 0 Å². The molecule has 0 heterocycles. The lowest BCUT2D eigenvalue weighted by Gasteiger charge is -2.06. The molecule has 0 aliphatic rings. The van der Waals surface area contributed by atoms with E-state index in [1.165, 1.54) is 12.1 Å². The van der Waals surface area contributed by atoms with Gasteiger partial charge in [0.2, 0.25) is 0 Å². The molecule has 0 saturated carbocycles. The number of rotatable bonds is 4. The van der Waals surface area contributed by atoms with Gasteiger partial charge in [-0.25, -0.2) is 4.39 Å². The summed E-state index contributed by atoms with van der Waals surface area (Å²) in [4.78, 5) is 11.5. The summed E-state index contributed by atoms with van der Waals surface area (Å²) in [5, 5.41) is 0.0105. The molecule has 0 N–H and O–H groups in total. The number of hydrogen-bond acceptors (Lipinski definition) is 2. The Labute approximate surface area is 93.0 Å². The number of ether oxygens (including phenoxy) is 1. The number of Topliss-reactive ketones (excluding diaryl/α,β-unsaturated/α-hetero) is 1. The third-order valence-electron chi connectivity index (χ3n) is 1.79. The van der Waals surface area contributed by atoms with Crippen LogP contribution in [0, 0.1) is 5.82 Å². The summed E-state index contributed by atoms with van der Waals surface area (Å²) in [7, 11) is 0. The lowest BCUT2D eigenvalue weighted by atomic mass is 10.1. The van der Waals surface area contributed by atoms with E-state index >= 15 is 0 Å². The van der Waals surface area contributed by atoms with Gasteiger partial charge in [0.1, 0.15) is 12.4 Å². The van der Waals surface area contributed by atoms with Crippen LogP contribution in [0.4, 0.5) is 4.39 Å². The summed E-state index contributed by atoms with van der Waals surface area (Å²) in [6.07, 6.45) is -0.0221. The molecule has 0 bridgehead atoms. The van der Waals surface area contributed by atoms with Crippen LogP contribution in [0.5, 0.6) is 0 Å². The van der Waals surface area contributed by atoms with Crippen LogP contribution in [0.2, 0.25) is 5.02 Å². The minimum atomic E-state index is -0.591. The first-order valence-electron chi connectivity index (χ1n) is 4.60. The van der Waals surface area contributed by atoms with E-state index in [2.05, 4.69) is 0 Å². The van der Waals surface area contributed by atoms with E-state index in [1.807, 2.05) is 13.8 Å². The van der Waals surface area contributed by atoms with E-state index in [1.54, 1.807) is 0 Å². The van der Waals surface area contributed by atoms with Crippen LogP contribution in [-0.4, -0.2) is 18.5 Å². The van der Waals surface area contributed by atoms with E-state index in [-0.39, 0.29) is 29.1 Å². The van der Waals surface area contributed by atoms with Gasteiger partial charge in [0, 0.05) is 5.56 Å². The van der Waals surface area contributed by atoms with Gasteiger partial charge < -0.3 is 4.74 Å². The number of carbonyl (C=O) groups excluding carboxylic acids is 1. The predicted molar refractivity (Wildman–Crippen MR) is 56.8 cm³/mol. The summed E-state index contributed by atoms with van der Waals surface area (Å²) in [6, 6.07) is 3.96. The quantitative estimate of drug-likeness (QED) is 0.743. The monoisotopic (exact) mass is 230 g/mol. The van der Waals surface area contributed by atoms with Crippen LogP contribution >= 0.6 is 11.6 Å². The normalized spacial score (nSPS) is 10.7. The smallest absolute Gasteiger partial charge is 0.188 e. The first kappa shape index (κ1) is 12.1. The lowest BCUT2D eigenvalue weighted by Crippen LogP contribution is -2.13. The number of benzene rings is 1. The molecule has 15 heavy (non-hydrogen) atoms. The zero-order chi connectivity index (χ0) is 11.4. The van der Waals surface area contributed by atoms with Crippen molar-refractivity contribution in [2.75, 3.05) is 6.61 Å². The lowest BCUT2D eigenvalue weighted by molar-refractivity contribution is 0.0584. The van der Waals surface area contributed by atoms with E-state index in [0.29, 0.717) is 0 Å². The first-order valence-corrected chi connectivity index (χ1v) is 4.98. The minimum Gasteiger partial charge on any atom is -0.371 e. The van der Waals surface area contributed by atoms with Crippen LogP contribution in [-0.2, 0) is 4.74 Å². The second kappa shape index (κ2) is 5.24. The van der Waals surface area contributed by atoms with Crippen LogP contribution in [0.1, 0.15) is 24.2 Å². The Bertz CT molecular complexity index is 364. The zero-order valence-corrected chi connectivity index (χ0v) is 9.34. The molecule has 2 nitrogen and oxygen atoms in total. The highest BCUT2D eigenvalue weighted by Crippen LogP contribution is 2.15. The number of halogens is 2. The maximum absolute atomic E-state index is 13.0. The molecule has 0 aliphatic carbocycles. The Morgan fingerprint density at radius 2 is 2.20 bits per heavy atom.